The minimum atomic E-state index is -1.14. The standard InChI is InChI=1S/C14H17ClO5/c1-4-19-13(16)12(14(17)20-5-2)9-6-7-10(15)11(8-9)18-3/h6-8,12H,4-5H2,1-3H3. The summed E-state index contributed by atoms with van der Waals surface area (Å²) in [7, 11) is 1.45. The summed E-state index contributed by atoms with van der Waals surface area (Å²) in [5.74, 6) is -2.07. The van der Waals surface area contributed by atoms with Crippen LogP contribution in [0.1, 0.15) is 25.3 Å². The van der Waals surface area contributed by atoms with Gasteiger partial charge in [-0.05, 0) is 31.5 Å². The zero-order valence-electron chi connectivity index (χ0n) is 11.6. The number of halogens is 1. The third-order valence-corrected chi connectivity index (χ3v) is 2.87. The van der Waals surface area contributed by atoms with E-state index in [9.17, 15) is 9.59 Å². The van der Waals surface area contributed by atoms with E-state index in [1.54, 1.807) is 26.0 Å². The Labute approximate surface area is 122 Å². The molecule has 0 aliphatic rings. The van der Waals surface area contributed by atoms with Crippen molar-refractivity contribution in [3.63, 3.8) is 0 Å². The van der Waals surface area contributed by atoms with Crippen LogP contribution in [0.15, 0.2) is 18.2 Å². The molecular formula is C14H17ClO5. The first-order valence-electron chi connectivity index (χ1n) is 6.21. The fourth-order valence-electron chi connectivity index (χ4n) is 1.68. The van der Waals surface area contributed by atoms with E-state index in [4.69, 9.17) is 25.8 Å². The third-order valence-electron chi connectivity index (χ3n) is 2.55. The van der Waals surface area contributed by atoms with Crippen molar-refractivity contribution in [2.75, 3.05) is 20.3 Å². The molecule has 1 aromatic rings. The lowest BCUT2D eigenvalue weighted by molar-refractivity contribution is -0.156. The molecule has 0 heterocycles. The maximum absolute atomic E-state index is 11.9. The highest BCUT2D eigenvalue weighted by atomic mass is 35.5. The minimum Gasteiger partial charge on any atom is -0.495 e. The Balaban J connectivity index is 3.15. The molecule has 6 heteroatoms. The molecule has 1 aromatic carbocycles. The van der Waals surface area contributed by atoms with Crippen LogP contribution in [0.4, 0.5) is 0 Å². The molecule has 20 heavy (non-hydrogen) atoms. The molecule has 0 unspecified atom stereocenters. The number of hydrogen-bond donors (Lipinski definition) is 0. The SMILES string of the molecule is CCOC(=O)C(C(=O)OCC)c1ccc(Cl)c(OC)c1. The topological polar surface area (TPSA) is 61.8 Å². The number of ether oxygens (including phenoxy) is 3. The van der Waals surface area contributed by atoms with Gasteiger partial charge in [-0.25, -0.2) is 0 Å². The van der Waals surface area contributed by atoms with Gasteiger partial charge in [-0.1, -0.05) is 17.7 Å². The van der Waals surface area contributed by atoms with E-state index < -0.39 is 17.9 Å². The zero-order valence-corrected chi connectivity index (χ0v) is 12.4. The Bertz CT molecular complexity index is 468. The third kappa shape index (κ3) is 3.87. The number of esters is 2. The second-order valence-corrected chi connectivity index (χ2v) is 4.24. The summed E-state index contributed by atoms with van der Waals surface area (Å²) >= 11 is 5.93. The smallest absolute Gasteiger partial charge is 0.324 e. The average Bonchev–Trinajstić information content (AvgIpc) is 2.41. The number of benzene rings is 1. The van der Waals surface area contributed by atoms with Crippen molar-refractivity contribution in [2.24, 2.45) is 0 Å². The number of carbonyl (C=O) groups excluding carboxylic acids is 2. The van der Waals surface area contributed by atoms with Gasteiger partial charge in [0.25, 0.3) is 0 Å². The Kier molecular flexibility index (Phi) is 6.31. The first-order chi connectivity index (χ1) is 9.54. The molecule has 0 radical (unpaired) electrons. The monoisotopic (exact) mass is 300 g/mol. The molecule has 0 aliphatic heterocycles. The Morgan fingerprint density at radius 1 is 1.15 bits per heavy atom. The second kappa shape index (κ2) is 7.75. The van der Waals surface area contributed by atoms with Gasteiger partial charge in [0.2, 0.25) is 0 Å². The van der Waals surface area contributed by atoms with Crippen molar-refractivity contribution in [3.8, 4) is 5.75 Å². The van der Waals surface area contributed by atoms with E-state index >= 15 is 0 Å². The lowest BCUT2D eigenvalue weighted by atomic mass is 9.99. The van der Waals surface area contributed by atoms with Crippen LogP contribution in [-0.2, 0) is 19.1 Å². The quantitative estimate of drug-likeness (QED) is 0.597. The average molecular weight is 301 g/mol. The fraction of sp³-hybridized carbons (Fsp3) is 0.429. The van der Waals surface area contributed by atoms with Crippen LogP contribution in [0.3, 0.4) is 0 Å². The van der Waals surface area contributed by atoms with Gasteiger partial charge in [0.05, 0.1) is 25.3 Å². The fourth-order valence-corrected chi connectivity index (χ4v) is 1.87. The second-order valence-electron chi connectivity index (χ2n) is 3.83. The van der Waals surface area contributed by atoms with Crippen molar-refractivity contribution in [1.82, 2.24) is 0 Å². The molecule has 110 valence electrons. The van der Waals surface area contributed by atoms with Crippen molar-refractivity contribution < 1.29 is 23.8 Å². The summed E-state index contributed by atoms with van der Waals surface area (Å²) in [6.45, 7) is 3.70. The van der Waals surface area contributed by atoms with Crippen LogP contribution in [-0.4, -0.2) is 32.3 Å². The van der Waals surface area contributed by atoms with Gasteiger partial charge in [0.1, 0.15) is 5.75 Å². The number of rotatable bonds is 6. The van der Waals surface area contributed by atoms with E-state index in [2.05, 4.69) is 0 Å². The van der Waals surface area contributed by atoms with Crippen molar-refractivity contribution in [1.29, 1.82) is 0 Å². The molecule has 0 spiro atoms. The predicted molar refractivity (Wildman–Crippen MR) is 74.0 cm³/mol. The van der Waals surface area contributed by atoms with Crippen LogP contribution in [0.25, 0.3) is 0 Å². The van der Waals surface area contributed by atoms with E-state index in [1.807, 2.05) is 0 Å². The normalized spacial score (nSPS) is 10.2. The predicted octanol–water partition coefficient (Wildman–Crippen LogP) is 2.56. The van der Waals surface area contributed by atoms with Crippen LogP contribution >= 0.6 is 11.6 Å². The lowest BCUT2D eigenvalue weighted by Gasteiger charge is -2.15. The van der Waals surface area contributed by atoms with E-state index in [0.29, 0.717) is 16.3 Å². The van der Waals surface area contributed by atoms with Gasteiger partial charge < -0.3 is 14.2 Å². The van der Waals surface area contributed by atoms with Gasteiger partial charge in [0.15, 0.2) is 5.92 Å². The highest BCUT2D eigenvalue weighted by Gasteiger charge is 2.32. The van der Waals surface area contributed by atoms with Crippen LogP contribution < -0.4 is 4.74 Å². The highest BCUT2D eigenvalue weighted by Crippen LogP contribution is 2.29. The van der Waals surface area contributed by atoms with E-state index in [0.717, 1.165) is 0 Å². The number of hydrogen-bond acceptors (Lipinski definition) is 5. The van der Waals surface area contributed by atoms with E-state index in [1.165, 1.54) is 13.2 Å². The zero-order chi connectivity index (χ0) is 15.1. The summed E-state index contributed by atoms with van der Waals surface area (Å²) in [6, 6.07) is 4.66. The van der Waals surface area contributed by atoms with Gasteiger partial charge >= 0.3 is 11.9 Å². The minimum absolute atomic E-state index is 0.180. The molecule has 0 amide bonds. The summed E-state index contributed by atoms with van der Waals surface area (Å²) in [6.07, 6.45) is 0. The largest absolute Gasteiger partial charge is 0.495 e. The molecule has 0 atom stereocenters. The molecule has 0 bridgehead atoms. The van der Waals surface area contributed by atoms with Crippen LogP contribution in [0, 0.1) is 0 Å². The molecule has 1 rings (SSSR count). The molecular weight excluding hydrogens is 284 g/mol. The van der Waals surface area contributed by atoms with E-state index in [-0.39, 0.29) is 13.2 Å². The molecule has 0 fully saturated rings. The van der Waals surface area contributed by atoms with Gasteiger partial charge in [-0.3, -0.25) is 9.59 Å². The lowest BCUT2D eigenvalue weighted by Crippen LogP contribution is -2.26. The highest BCUT2D eigenvalue weighted by molar-refractivity contribution is 6.32. The van der Waals surface area contributed by atoms with Gasteiger partial charge in [0, 0.05) is 0 Å². The molecule has 0 saturated heterocycles. The molecule has 5 nitrogen and oxygen atoms in total. The van der Waals surface area contributed by atoms with Crippen molar-refractivity contribution >= 4 is 23.5 Å². The summed E-state index contributed by atoms with van der Waals surface area (Å²) in [5, 5.41) is 0.391. The summed E-state index contributed by atoms with van der Waals surface area (Å²) in [4.78, 5) is 23.9. The van der Waals surface area contributed by atoms with Gasteiger partial charge in [-0.15, -0.1) is 0 Å². The molecule has 0 N–H and O–H groups in total. The van der Waals surface area contributed by atoms with Crippen LogP contribution in [0.5, 0.6) is 5.75 Å². The Hall–Kier alpha value is -1.75. The number of methoxy groups -OCH3 is 1. The first-order valence-corrected chi connectivity index (χ1v) is 6.59. The number of carbonyl (C=O) groups is 2. The van der Waals surface area contributed by atoms with Crippen molar-refractivity contribution in [3.05, 3.63) is 28.8 Å². The Morgan fingerprint density at radius 2 is 1.70 bits per heavy atom. The Morgan fingerprint density at radius 3 is 2.15 bits per heavy atom. The first kappa shape index (κ1) is 16.3. The molecule has 0 saturated carbocycles. The summed E-state index contributed by atoms with van der Waals surface area (Å²) < 4.78 is 14.9. The maximum Gasteiger partial charge on any atom is 0.324 e. The molecule has 0 aliphatic carbocycles. The maximum atomic E-state index is 11.9. The summed E-state index contributed by atoms with van der Waals surface area (Å²) in [5.41, 5.74) is 0.420. The van der Waals surface area contributed by atoms with Crippen LogP contribution in [0.2, 0.25) is 5.02 Å². The van der Waals surface area contributed by atoms with Crippen molar-refractivity contribution in [2.45, 2.75) is 19.8 Å². The van der Waals surface area contributed by atoms with Gasteiger partial charge in [-0.2, -0.15) is 0 Å². The molecule has 0 aromatic heterocycles.